The van der Waals surface area contributed by atoms with Gasteiger partial charge in [0.15, 0.2) is 0 Å². The second kappa shape index (κ2) is 5.32. The molecule has 0 aliphatic carbocycles. The molecule has 1 aromatic heterocycles. The van der Waals surface area contributed by atoms with Gasteiger partial charge in [0.2, 0.25) is 0 Å². The zero-order valence-electron chi connectivity index (χ0n) is 9.13. The first kappa shape index (κ1) is 11.4. The highest BCUT2D eigenvalue weighted by Gasteiger charge is 1.99. The van der Waals surface area contributed by atoms with Gasteiger partial charge in [-0.25, -0.2) is 4.79 Å². The van der Waals surface area contributed by atoms with Crippen molar-refractivity contribution < 1.29 is 14.3 Å². The average molecular weight is 232 g/mol. The average Bonchev–Trinajstić information content (AvgIpc) is 2.34. The zero-order valence-corrected chi connectivity index (χ0v) is 9.13. The lowest BCUT2D eigenvalue weighted by molar-refractivity contribution is 0.336. The van der Waals surface area contributed by atoms with Gasteiger partial charge < -0.3 is 14.3 Å². The van der Waals surface area contributed by atoms with E-state index in [4.69, 9.17) is 14.3 Å². The molecule has 1 N–H and O–H groups in total. The summed E-state index contributed by atoms with van der Waals surface area (Å²) in [5, 5.41) is 9.39. The summed E-state index contributed by atoms with van der Waals surface area (Å²) in [6.07, 6.45) is 3.31. The maximum Gasteiger partial charge on any atom is 0.336 e. The van der Waals surface area contributed by atoms with Crippen LogP contribution in [0, 0.1) is 0 Å². The van der Waals surface area contributed by atoms with Crippen molar-refractivity contribution in [1.82, 2.24) is 0 Å². The third kappa shape index (κ3) is 2.95. The van der Waals surface area contributed by atoms with Gasteiger partial charge in [-0.1, -0.05) is 6.08 Å². The minimum atomic E-state index is -0.380. The Morgan fingerprint density at radius 1 is 1.24 bits per heavy atom. The van der Waals surface area contributed by atoms with Crippen molar-refractivity contribution in [2.75, 3.05) is 13.2 Å². The molecule has 88 valence electrons. The van der Waals surface area contributed by atoms with E-state index in [2.05, 4.69) is 0 Å². The molecule has 0 spiro atoms. The summed E-state index contributed by atoms with van der Waals surface area (Å²) in [5.41, 5.74) is 0.121. The normalized spacial score (nSPS) is 11.1. The lowest BCUT2D eigenvalue weighted by Crippen LogP contribution is -1.96. The van der Waals surface area contributed by atoms with E-state index in [-0.39, 0.29) is 12.2 Å². The van der Waals surface area contributed by atoms with Crippen LogP contribution in [-0.4, -0.2) is 18.3 Å². The van der Waals surface area contributed by atoms with E-state index in [0.29, 0.717) is 17.9 Å². The van der Waals surface area contributed by atoms with Crippen LogP contribution in [0.3, 0.4) is 0 Å². The predicted octanol–water partition coefficient (Wildman–Crippen LogP) is 1.72. The Morgan fingerprint density at radius 2 is 2.06 bits per heavy atom. The van der Waals surface area contributed by atoms with Crippen LogP contribution in [-0.2, 0) is 0 Å². The molecule has 1 heterocycles. The minimum Gasteiger partial charge on any atom is -0.489 e. The second-order valence-corrected chi connectivity index (χ2v) is 3.42. The van der Waals surface area contributed by atoms with Crippen LogP contribution < -0.4 is 10.4 Å². The maximum absolute atomic E-state index is 11.0. The van der Waals surface area contributed by atoms with Crippen LogP contribution in [0.1, 0.15) is 0 Å². The minimum absolute atomic E-state index is 0.00401. The SMILES string of the molecule is O=c1ccc2ccc(OC/C=C/CO)cc2o1. The number of ether oxygens (including phenoxy) is 1. The largest absolute Gasteiger partial charge is 0.489 e. The fourth-order valence-corrected chi connectivity index (χ4v) is 1.42. The van der Waals surface area contributed by atoms with Crippen molar-refractivity contribution in [2.45, 2.75) is 0 Å². The fraction of sp³-hybridized carbons (Fsp3) is 0.154. The van der Waals surface area contributed by atoms with Crippen LogP contribution in [0.15, 0.2) is 51.7 Å². The Balaban J connectivity index is 2.19. The highest BCUT2D eigenvalue weighted by Crippen LogP contribution is 2.19. The summed E-state index contributed by atoms with van der Waals surface area (Å²) in [4.78, 5) is 11.0. The molecule has 17 heavy (non-hydrogen) atoms. The first-order chi connectivity index (χ1) is 8.29. The number of aliphatic hydroxyl groups excluding tert-OH is 1. The van der Waals surface area contributed by atoms with Gasteiger partial charge in [-0.2, -0.15) is 0 Å². The summed E-state index contributed by atoms with van der Waals surface area (Å²) in [5.74, 6) is 0.620. The number of fused-ring (bicyclic) bond motifs is 1. The Morgan fingerprint density at radius 3 is 2.88 bits per heavy atom. The molecule has 0 radical (unpaired) electrons. The van der Waals surface area contributed by atoms with Crippen molar-refractivity contribution in [3.63, 3.8) is 0 Å². The maximum atomic E-state index is 11.0. The molecule has 0 bridgehead atoms. The van der Waals surface area contributed by atoms with Crippen molar-refractivity contribution in [3.05, 3.63) is 52.9 Å². The monoisotopic (exact) mass is 232 g/mol. The molecule has 4 heteroatoms. The van der Waals surface area contributed by atoms with Crippen molar-refractivity contribution in [3.8, 4) is 5.75 Å². The number of rotatable bonds is 4. The van der Waals surface area contributed by atoms with E-state index in [9.17, 15) is 4.79 Å². The van der Waals surface area contributed by atoms with Crippen molar-refractivity contribution >= 4 is 11.0 Å². The fourth-order valence-electron chi connectivity index (χ4n) is 1.42. The third-order valence-electron chi connectivity index (χ3n) is 2.21. The molecular formula is C13H12O4. The number of benzene rings is 1. The van der Waals surface area contributed by atoms with Gasteiger partial charge in [0.25, 0.3) is 0 Å². The standard InChI is InChI=1S/C13H12O4/c14-7-1-2-8-16-11-5-3-10-4-6-13(15)17-12(10)9-11/h1-6,9,14H,7-8H2/b2-1+. The van der Waals surface area contributed by atoms with Crippen LogP contribution in [0.5, 0.6) is 5.75 Å². The molecule has 4 nitrogen and oxygen atoms in total. The van der Waals surface area contributed by atoms with Crippen molar-refractivity contribution in [2.24, 2.45) is 0 Å². The van der Waals surface area contributed by atoms with Gasteiger partial charge in [0.05, 0.1) is 6.61 Å². The first-order valence-corrected chi connectivity index (χ1v) is 5.22. The van der Waals surface area contributed by atoms with Gasteiger partial charge >= 0.3 is 5.63 Å². The molecule has 0 aliphatic heterocycles. The van der Waals surface area contributed by atoms with Gasteiger partial charge in [0.1, 0.15) is 17.9 Å². The number of hydrogen-bond donors (Lipinski definition) is 1. The summed E-state index contributed by atoms with van der Waals surface area (Å²) < 4.78 is 10.4. The number of aliphatic hydroxyl groups is 1. The van der Waals surface area contributed by atoms with Gasteiger partial charge in [-0.05, 0) is 24.3 Å². The summed E-state index contributed by atoms with van der Waals surface area (Å²) in [6, 6.07) is 8.38. The molecule has 2 aromatic rings. The van der Waals surface area contributed by atoms with E-state index in [1.165, 1.54) is 6.07 Å². The van der Waals surface area contributed by atoms with Gasteiger partial charge in [-0.15, -0.1) is 0 Å². The van der Waals surface area contributed by atoms with Crippen LogP contribution in [0.2, 0.25) is 0 Å². The van der Waals surface area contributed by atoms with E-state index in [1.54, 1.807) is 30.4 Å². The highest BCUT2D eigenvalue weighted by molar-refractivity contribution is 5.77. The Bertz CT molecular complexity index is 583. The molecule has 0 atom stereocenters. The zero-order chi connectivity index (χ0) is 12.1. The molecule has 0 saturated heterocycles. The molecule has 0 unspecified atom stereocenters. The van der Waals surface area contributed by atoms with Crippen LogP contribution in [0.25, 0.3) is 11.0 Å². The van der Waals surface area contributed by atoms with Crippen LogP contribution >= 0.6 is 0 Å². The molecule has 1 aromatic carbocycles. The predicted molar refractivity (Wildman–Crippen MR) is 64.2 cm³/mol. The first-order valence-electron chi connectivity index (χ1n) is 5.22. The van der Waals surface area contributed by atoms with E-state index in [1.807, 2.05) is 6.07 Å². The lowest BCUT2D eigenvalue weighted by atomic mass is 10.2. The second-order valence-electron chi connectivity index (χ2n) is 3.42. The van der Waals surface area contributed by atoms with Gasteiger partial charge in [0, 0.05) is 17.5 Å². The molecule has 0 saturated carbocycles. The van der Waals surface area contributed by atoms with Gasteiger partial charge in [-0.3, -0.25) is 0 Å². The Hall–Kier alpha value is -2.07. The smallest absolute Gasteiger partial charge is 0.336 e. The van der Waals surface area contributed by atoms with Crippen molar-refractivity contribution in [1.29, 1.82) is 0 Å². The Labute approximate surface area is 97.8 Å². The highest BCUT2D eigenvalue weighted by atomic mass is 16.5. The summed E-state index contributed by atoms with van der Waals surface area (Å²) in [7, 11) is 0. The summed E-state index contributed by atoms with van der Waals surface area (Å²) >= 11 is 0. The molecule has 0 amide bonds. The topological polar surface area (TPSA) is 59.7 Å². The molecule has 0 fully saturated rings. The number of hydrogen-bond acceptors (Lipinski definition) is 4. The Kier molecular flexibility index (Phi) is 3.57. The lowest BCUT2D eigenvalue weighted by Gasteiger charge is -2.03. The molecular weight excluding hydrogens is 220 g/mol. The van der Waals surface area contributed by atoms with E-state index >= 15 is 0 Å². The molecule has 0 aliphatic rings. The molecule has 2 rings (SSSR count). The van der Waals surface area contributed by atoms with E-state index in [0.717, 1.165) is 5.39 Å². The van der Waals surface area contributed by atoms with E-state index < -0.39 is 0 Å². The third-order valence-corrected chi connectivity index (χ3v) is 2.21. The van der Waals surface area contributed by atoms with Crippen LogP contribution in [0.4, 0.5) is 0 Å². The summed E-state index contributed by atoms with van der Waals surface area (Å²) in [6.45, 7) is 0.360. The quantitative estimate of drug-likeness (QED) is 0.644.